The maximum Gasteiger partial charge on any atom is 0.337 e. The molecule has 0 atom stereocenters. The van der Waals surface area contributed by atoms with E-state index in [2.05, 4.69) is 20.7 Å². The molecule has 3 N–H and O–H groups in total. The van der Waals surface area contributed by atoms with Crippen molar-refractivity contribution in [3.05, 3.63) is 59.7 Å². The third-order valence-electron chi connectivity index (χ3n) is 3.73. The molecule has 0 heterocycles. The molecule has 0 fully saturated rings. The van der Waals surface area contributed by atoms with Gasteiger partial charge in [0.25, 0.3) is 5.91 Å². The topological polar surface area (TPSA) is 96.5 Å². The molecule has 0 unspecified atom stereocenters. The average molecular weight is 399 g/mol. The van der Waals surface area contributed by atoms with Gasteiger partial charge in [-0.05, 0) is 60.7 Å². The van der Waals surface area contributed by atoms with Gasteiger partial charge in [-0.2, -0.15) is 0 Å². The Kier molecular flexibility index (Phi) is 7.22. The van der Waals surface area contributed by atoms with Crippen LogP contribution in [0.3, 0.4) is 0 Å². The zero-order valence-corrected chi connectivity index (χ0v) is 16.6. The van der Waals surface area contributed by atoms with Crippen LogP contribution in [0, 0.1) is 5.92 Å². The van der Waals surface area contributed by atoms with Crippen LogP contribution in [0.25, 0.3) is 0 Å². The zero-order valence-electron chi connectivity index (χ0n) is 15.7. The lowest BCUT2D eigenvalue weighted by molar-refractivity contribution is -0.118. The number of esters is 1. The number of carbonyl (C=O) groups excluding carboxylic acids is 3. The highest BCUT2D eigenvalue weighted by molar-refractivity contribution is 7.80. The van der Waals surface area contributed by atoms with Crippen LogP contribution in [0.4, 0.5) is 11.4 Å². The predicted octanol–water partition coefficient (Wildman–Crippen LogP) is 3.19. The molecule has 0 saturated carbocycles. The molecule has 0 saturated heterocycles. The molecule has 0 aliphatic carbocycles. The number of ether oxygens (including phenoxy) is 1. The minimum atomic E-state index is -0.475. The van der Waals surface area contributed by atoms with Crippen molar-refractivity contribution in [2.75, 3.05) is 17.7 Å². The second kappa shape index (κ2) is 9.61. The van der Waals surface area contributed by atoms with Crippen molar-refractivity contribution in [2.45, 2.75) is 13.8 Å². The van der Waals surface area contributed by atoms with E-state index in [1.165, 1.54) is 31.4 Å². The van der Waals surface area contributed by atoms with Crippen molar-refractivity contribution < 1.29 is 19.1 Å². The van der Waals surface area contributed by atoms with Crippen LogP contribution >= 0.6 is 12.2 Å². The summed E-state index contributed by atoms with van der Waals surface area (Å²) in [5, 5.41) is 8.38. The van der Waals surface area contributed by atoms with E-state index in [1.54, 1.807) is 24.3 Å². The van der Waals surface area contributed by atoms with Gasteiger partial charge >= 0.3 is 5.97 Å². The third kappa shape index (κ3) is 5.88. The van der Waals surface area contributed by atoms with Gasteiger partial charge < -0.3 is 15.4 Å². The van der Waals surface area contributed by atoms with Gasteiger partial charge in [0, 0.05) is 22.9 Å². The molecule has 2 amide bonds. The number of benzene rings is 2. The molecule has 0 aliphatic rings. The molecule has 8 heteroatoms. The van der Waals surface area contributed by atoms with Gasteiger partial charge in [-0.3, -0.25) is 14.9 Å². The number of methoxy groups -OCH3 is 1. The third-order valence-corrected chi connectivity index (χ3v) is 3.93. The molecule has 28 heavy (non-hydrogen) atoms. The van der Waals surface area contributed by atoms with E-state index in [1.807, 2.05) is 13.8 Å². The highest BCUT2D eigenvalue weighted by Crippen LogP contribution is 2.14. The van der Waals surface area contributed by atoms with Gasteiger partial charge in [0.2, 0.25) is 5.91 Å². The molecule has 2 aromatic rings. The summed E-state index contributed by atoms with van der Waals surface area (Å²) < 4.78 is 4.62. The van der Waals surface area contributed by atoms with Crippen LogP contribution in [0.1, 0.15) is 34.6 Å². The lowest BCUT2D eigenvalue weighted by Gasteiger charge is -2.11. The number of hydrogen-bond acceptors (Lipinski definition) is 5. The molecule has 146 valence electrons. The van der Waals surface area contributed by atoms with Gasteiger partial charge in [-0.1, -0.05) is 13.8 Å². The predicted molar refractivity (Wildman–Crippen MR) is 111 cm³/mol. The fraction of sp³-hybridized carbons (Fsp3) is 0.200. The first kappa shape index (κ1) is 21.0. The lowest BCUT2D eigenvalue weighted by Crippen LogP contribution is -2.34. The number of amides is 2. The smallest absolute Gasteiger partial charge is 0.337 e. The Labute approximate surface area is 168 Å². The Morgan fingerprint density at radius 3 is 1.86 bits per heavy atom. The number of rotatable bonds is 5. The van der Waals surface area contributed by atoms with Crippen LogP contribution in [0.5, 0.6) is 0 Å². The van der Waals surface area contributed by atoms with E-state index in [-0.39, 0.29) is 16.9 Å². The van der Waals surface area contributed by atoms with Crippen LogP contribution in [0.2, 0.25) is 0 Å². The molecule has 0 aliphatic heterocycles. The number of thiocarbonyl (C=S) groups is 1. The first-order valence-electron chi connectivity index (χ1n) is 8.51. The normalized spacial score (nSPS) is 10.1. The quantitative estimate of drug-likeness (QED) is 0.528. The van der Waals surface area contributed by atoms with Crippen LogP contribution in [-0.2, 0) is 9.53 Å². The second-order valence-corrected chi connectivity index (χ2v) is 6.61. The molecule has 0 radical (unpaired) electrons. The van der Waals surface area contributed by atoms with Crippen LogP contribution in [-0.4, -0.2) is 30.0 Å². The largest absolute Gasteiger partial charge is 0.465 e. The van der Waals surface area contributed by atoms with E-state index < -0.39 is 11.9 Å². The fourth-order valence-electron chi connectivity index (χ4n) is 2.14. The second-order valence-electron chi connectivity index (χ2n) is 6.20. The van der Waals surface area contributed by atoms with Crippen LogP contribution < -0.4 is 16.0 Å². The fourth-order valence-corrected chi connectivity index (χ4v) is 2.35. The Morgan fingerprint density at radius 2 is 1.36 bits per heavy atom. The maximum atomic E-state index is 12.2. The highest BCUT2D eigenvalue weighted by Gasteiger charge is 2.11. The minimum absolute atomic E-state index is 0.0679. The summed E-state index contributed by atoms with van der Waals surface area (Å²) in [7, 11) is 1.29. The molecular weight excluding hydrogens is 378 g/mol. The highest BCUT2D eigenvalue weighted by atomic mass is 32.1. The van der Waals surface area contributed by atoms with Gasteiger partial charge in [0.15, 0.2) is 5.11 Å². The Morgan fingerprint density at radius 1 is 0.857 bits per heavy atom. The summed E-state index contributed by atoms with van der Waals surface area (Å²) in [6.07, 6.45) is 0. The first-order chi connectivity index (χ1) is 13.3. The van der Waals surface area contributed by atoms with Gasteiger partial charge in [0.1, 0.15) is 0 Å². The van der Waals surface area contributed by atoms with Crippen molar-refractivity contribution >= 4 is 46.5 Å². The number of hydrogen-bond donors (Lipinski definition) is 3. The molecule has 2 aromatic carbocycles. The van der Waals surface area contributed by atoms with Gasteiger partial charge in [0.05, 0.1) is 12.7 Å². The molecule has 7 nitrogen and oxygen atoms in total. The van der Waals surface area contributed by atoms with E-state index >= 15 is 0 Å². The van der Waals surface area contributed by atoms with Crippen molar-refractivity contribution in [3.8, 4) is 0 Å². The van der Waals surface area contributed by atoms with Crippen LogP contribution in [0.15, 0.2) is 48.5 Å². The summed E-state index contributed by atoms with van der Waals surface area (Å²) in [5.41, 5.74) is 2.03. The zero-order chi connectivity index (χ0) is 20.7. The Hall–Kier alpha value is -3.26. The molecule has 2 rings (SSSR count). The average Bonchev–Trinajstić information content (AvgIpc) is 2.68. The van der Waals surface area contributed by atoms with Crippen molar-refractivity contribution in [2.24, 2.45) is 5.92 Å². The van der Waals surface area contributed by atoms with E-state index in [0.29, 0.717) is 22.5 Å². The molecule has 0 aromatic heterocycles. The SMILES string of the molecule is COC(=O)c1ccc(C(=O)NC(=S)Nc2ccc(NC(=O)C(C)C)cc2)cc1. The summed E-state index contributed by atoms with van der Waals surface area (Å²) >= 11 is 5.15. The summed E-state index contributed by atoms with van der Waals surface area (Å²) in [6.45, 7) is 3.63. The van der Waals surface area contributed by atoms with E-state index in [4.69, 9.17) is 12.2 Å². The maximum absolute atomic E-state index is 12.2. The van der Waals surface area contributed by atoms with Crippen molar-refractivity contribution in [1.82, 2.24) is 5.32 Å². The van der Waals surface area contributed by atoms with Crippen molar-refractivity contribution in [3.63, 3.8) is 0 Å². The number of carbonyl (C=O) groups is 3. The van der Waals surface area contributed by atoms with Crippen molar-refractivity contribution in [1.29, 1.82) is 0 Å². The summed E-state index contributed by atoms with van der Waals surface area (Å²) in [5.74, 6) is -1.06. The monoisotopic (exact) mass is 399 g/mol. The standard InChI is InChI=1S/C20H21N3O4S/c1-12(2)17(24)21-15-8-10-16(11-9-15)22-20(28)23-18(25)13-4-6-14(7-5-13)19(26)27-3/h4-12H,1-3H3,(H,21,24)(H2,22,23,25,28). The first-order valence-corrected chi connectivity index (χ1v) is 8.92. The summed E-state index contributed by atoms with van der Waals surface area (Å²) in [4.78, 5) is 35.3. The van der Waals surface area contributed by atoms with E-state index in [0.717, 1.165) is 0 Å². The van der Waals surface area contributed by atoms with Gasteiger partial charge in [-0.25, -0.2) is 4.79 Å². The number of nitrogens with one attached hydrogen (secondary N) is 3. The lowest BCUT2D eigenvalue weighted by atomic mass is 10.1. The Bertz CT molecular complexity index is 877. The molecule has 0 bridgehead atoms. The van der Waals surface area contributed by atoms with Gasteiger partial charge in [-0.15, -0.1) is 0 Å². The summed E-state index contributed by atoms with van der Waals surface area (Å²) in [6, 6.07) is 13.0. The molecular formula is C20H21N3O4S. The van der Waals surface area contributed by atoms with E-state index in [9.17, 15) is 14.4 Å². The number of anilines is 2. The molecule has 0 spiro atoms. The minimum Gasteiger partial charge on any atom is -0.465 e. The Balaban J connectivity index is 1.91.